The molecule has 2 heterocycles. The Hall–Kier alpha value is -3.42. The molecule has 0 spiro atoms. The smallest absolute Gasteiger partial charge is 0.295 e. The first-order chi connectivity index (χ1) is 18.3. The van der Waals surface area contributed by atoms with E-state index in [0.29, 0.717) is 43.6 Å². The number of Topliss-reactive ketones (excluding diaryl/α,β-unsaturated/α-hetero) is 1. The second kappa shape index (κ2) is 12.4. The first-order valence-electron chi connectivity index (χ1n) is 13.3. The molecule has 1 unspecified atom stereocenters. The highest BCUT2D eigenvalue weighted by molar-refractivity contribution is 6.46. The van der Waals surface area contributed by atoms with Crippen molar-refractivity contribution < 1.29 is 24.2 Å². The Morgan fingerprint density at radius 1 is 1.13 bits per heavy atom. The number of benzene rings is 2. The zero-order valence-electron chi connectivity index (χ0n) is 22.6. The van der Waals surface area contributed by atoms with E-state index in [2.05, 4.69) is 25.3 Å². The Balaban J connectivity index is 1.68. The molecule has 1 amide bonds. The summed E-state index contributed by atoms with van der Waals surface area (Å²) in [6.07, 6.45) is 2.39. The molecule has 0 radical (unpaired) electrons. The summed E-state index contributed by atoms with van der Waals surface area (Å²) in [5.74, 6) is -0.375. The number of aryl methyl sites for hydroxylation is 1. The van der Waals surface area contributed by atoms with E-state index in [1.165, 1.54) is 5.56 Å². The van der Waals surface area contributed by atoms with Crippen molar-refractivity contribution >= 4 is 17.4 Å². The molecular formula is C31H38N2O5. The molecule has 0 saturated carbocycles. The lowest BCUT2D eigenvalue weighted by Crippen LogP contribution is -2.38. The van der Waals surface area contributed by atoms with Crippen LogP contribution in [0.1, 0.15) is 54.5 Å². The van der Waals surface area contributed by atoms with Gasteiger partial charge in [0.15, 0.2) is 0 Å². The number of carbonyl (C=O) groups excluding carboxylic acids is 2. The van der Waals surface area contributed by atoms with Gasteiger partial charge in [0, 0.05) is 31.7 Å². The molecule has 7 heteroatoms. The maximum atomic E-state index is 13.4. The van der Waals surface area contributed by atoms with Gasteiger partial charge in [-0.1, -0.05) is 50.8 Å². The van der Waals surface area contributed by atoms with Crippen LogP contribution in [0.5, 0.6) is 5.75 Å². The van der Waals surface area contributed by atoms with Gasteiger partial charge in [-0.05, 0) is 54.2 Å². The van der Waals surface area contributed by atoms with Crippen molar-refractivity contribution in [2.75, 3.05) is 46.0 Å². The standard InChI is InChI=1S/C31H38N2O5/c1-5-17-38-26-12-11-25(20-22(26)4)29(34)27-28(24-9-7-23(8-10-24)21(2)3)33(31(36)30(27)35)14-6-13-32-15-18-37-19-16-32/h5,7-12,20-21,28,34H,1,6,13-19H2,2-4H3/b29-27+. The lowest BCUT2D eigenvalue weighted by Gasteiger charge is -2.29. The molecule has 1 atom stereocenters. The summed E-state index contributed by atoms with van der Waals surface area (Å²) in [7, 11) is 0. The first kappa shape index (κ1) is 27.6. The Labute approximate surface area is 225 Å². The van der Waals surface area contributed by atoms with Crippen molar-refractivity contribution in [2.24, 2.45) is 0 Å². The average Bonchev–Trinajstić information content (AvgIpc) is 3.17. The monoisotopic (exact) mass is 518 g/mol. The Bertz CT molecular complexity index is 1200. The number of amides is 1. The van der Waals surface area contributed by atoms with Gasteiger partial charge in [-0.2, -0.15) is 0 Å². The van der Waals surface area contributed by atoms with Gasteiger partial charge in [-0.15, -0.1) is 0 Å². The summed E-state index contributed by atoms with van der Waals surface area (Å²) in [6.45, 7) is 14.6. The number of likely N-dealkylation sites (tertiary alicyclic amines) is 1. The van der Waals surface area contributed by atoms with Gasteiger partial charge < -0.3 is 19.5 Å². The fraction of sp³-hybridized carbons (Fsp3) is 0.419. The van der Waals surface area contributed by atoms with Crippen LogP contribution in [0.25, 0.3) is 5.76 Å². The van der Waals surface area contributed by atoms with Crippen molar-refractivity contribution in [1.29, 1.82) is 0 Å². The molecule has 2 saturated heterocycles. The highest BCUT2D eigenvalue weighted by Gasteiger charge is 2.45. The summed E-state index contributed by atoms with van der Waals surface area (Å²) < 4.78 is 11.1. The average molecular weight is 519 g/mol. The van der Waals surface area contributed by atoms with E-state index in [9.17, 15) is 14.7 Å². The van der Waals surface area contributed by atoms with Gasteiger partial charge in [0.2, 0.25) is 0 Å². The summed E-state index contributed by atoms with van der Waals surface area (Å²) >= 11 is 0. The van der Waals surface area contributed by atoms with Crippen LogP contribution in [-0.2, 0) is 14.3 Å². The van der Waals surface area contributed by atoms with Crippen LogP contribution < -0.4 is 4.74 Å². The zero-order valence-corrected chi connectivity index (χ0v) is 22.6. The number of ether oxygens (including phenoxy) is 2. The number of aliphatic hydroxyl groups is 1. The number of carbonyl (C=O) groups is 2. The van der Waals surface area contributed by atoms with Crippen molar-refractivity contribution in [3.63, 3.8) is 0 Å². The van der Waals surface area contributed by atoms with E-state index in [1.54, 1.807) is 29.2 Å². The van der Waals surface area contributed by atoms with Gasteiger partial charge >= 0.3 is 0 Å². The molecule has 7 nitrogen and oxygen atoms in total. The molecule has 2 aromatic carbocycles. The maximum Gasteiger partial charge on any atom is 0.295 e. The minimum Gasteiger partial charge on any atom is -0.507 e. The predicted molar refractivity (Wildman–Crippen MR) is 148 cm³/mol. The Morgan fingerprint density at radius 2 is 1.84 bits per heavy atom. The number of rotatable bonds is 10. The van der Waals surface area contributed by atoms with E-state index >= 15 is 0 Å². The zero-order chi connectivity index (χ0) is 27.2. The number of hydrogen-bond donors (Lipinski definition) is 1. The van der Waals surface area contributed by atoms with Gasteiger partial charge in [-0.25, -0.2) is 0 Å². The fourth-order valence-electron chi connectivity index (χ4n) is 5.07. The number of aliphatic hydroxyl groups excluding tert-OH is 1. The third-order valence-corrected chi connectivity index (χ3v) is 7.24. The van der Waals surface area contributed by atoms with Gasteiger partial charge in [-0.3, -0.25) is 14.5 Å². The van der Waals surface area contributed by atoms with E-state index in [-0.39, 0.29) is 11.3 Å². The third kappa shape index (κ3) is 6.00. The molecule has 4 rings (SSSR count). The number of nitrogens with zero attached hydrogens (tertiary/aromatic N) is 2. The highest BCUT2D eigenvalue weighted by atomic mass is 16.5. The van der Waals surface area contributed by atoms with Crippen LogP contribution in [0.3, 0.4) is 0 Å². The third-order valence-electron chi connectivity index (χ3n) is 7.24. The molecular weight excluding hydrogens is 480 g/mol. The van der Waals surface area contributed by atoms with Crippen molar-refractivity contribution in [3.8, 4) is 5.75 Å². The first-order valence-corrected chi connectivity index (χ1v) is 13.3. The molecule has 2 aliphatic heterocycles. The molecule has 2 fully saturated rings. The molecule has 2 aliphatic rings. The number of morpholine rings is 1. The second-order valence-electron chi connectivity index (χ2n) is 10.2. The second-order valence-corrected chi connectivity index (χ2v) is 10.2. The SMILES string of the molecule is C=CCOc1ccc(/C(O)=C2\C(=O)C(=O)N(CCCN3CCOCC3)C2c2ccc(C(C)C)cc2)cc1C. The van der Waals surface area contributed by atoms with Crippen LogP contribution in [0.15, 0.2) is 60.7 Å². The fourth-order valence-corrected chi connectivity index (χ4v) is 5.07. The molecule has 202 valence electrons. The normalized spacial score (nSPS) is 19.8. The molecule has 1 N–H and O–H groups in total. The summed E-state index contributed by atoms with van der Waals surface area (Å²) in [4.78, 5) is 30.6. The van der Waals surface area contributed by atoms with Gasteiger partial charge in [0.1, 0.15) is 18.1 Å². The van der Waals surface area contributed by atoms with E-state index in [1.807, 2.05) is 31.2 Å². The molecule has 0 bridgehead atoms. The number of hydrogen-bond acceptors (Lipinski definition) is 6. The highest BCUT2D eigenvalue weighted by Crippen LogP contribution is 2.40. The van der Waals surface area contributed by atoms with Gasteiger partial charge in [0.25, 0.3) is 11.7 Å². The predicted octanol–water partition coefficient (Wildman–Crippen LogP) is 4.83. The van der Waals surface area contributed by atoms with Crippen molar-refractivity contribution in [2.45, 2.75) is 39.2 Å². The largest absolute Gasteiger partial charge is 0.507 e. The Kier molecular flexibility index (Phi) is 9.02. The van der Waals surface area contributed by atoms with Crippen molar-refractivity contribution in [1.82, 2.24) is 9.80 Å². The van der Waals surface area contributed by atoms with Crippen LogP contribution >= 0.6 is 0 Å². The molecule has 0 aromatic heterocycles. The summed E-state index contributed by atoms with van der Waals surface area (Å²) in [5, 5.41) is 11.4. The topological polar surface area (TPSA) is 79.3 Å². The number of ketones is 1. The van der Waals surface area contributed by atoms with Gasteiger partial charge in [0.05, 0.1) is 24.8 Å². The summed E-state index contributed by atoms with van der Waals surface area (Å²) in [6, 6.07) is 12.6. The quantitative estimate of drug-likeness (QED) is 0.210. The van der Waals surface area contributed by atoms with Crippen LogP contribution in [0.4, 0.5) is 0 Å². The minimum atomic E-state index is -0.656. The molecule has 2 aromatic rings. The lowest BCUT2D eigenvalue weighted by molar-refractivity contribution is -0.140. The molecule has 0 aliphatic carbocycles. The summed E-state index contributed by atoms with van der Waals surface area (Å²) in [5.41, 5.74) is 3.39. The Morgan fingerprint density at radius 3 is 2.47 bits per heavy atom. The van der Waals surface area contributed by atoms with Crippen LogP contribution in [0.2, 0.25) is 0 Å². The van der Waals surface area contributed by atoms with E-state index in [0.717, 1.165) is 37.2 Å². The van der Waals surface area contributed by atoms with Crippen molar-refractivity contribution in [3.05, 3.63) is 82.9 Å². The maximum absolute atomic E-state index is 13.4. The van der Waals surface area contributed by atoms with E-state index in [4.69, 9.17) is 9.47 Å². The van der Waals surface area contributed by atoms with Crippen LogP contribution in [0, 0.1) is 6.92 Å². The van der Waals surface area contributed by atoms with Crippen LogP contribution in [-0.4, -0.2) is 72.6 Å². The van der Waals surface area contributed by atoms with E-state index < -0.39 is 17.7 Å². The molecule has 38 heavy (non-hydrogen) atoms. The minimum absolute atomic E-state index is 0.123. The lowest BCUT2D eigenvalue weighted by atomic mass is 9.93.